The Morgan fingerprint density at radius 1 is 1.25 bits per heavy atom. The summed E-state index contributed by atoms with van der Waals surface area (Å²) in [6.07, 6.45) is 3.01. The van der Waals surface area contributed by atoms with E-state index in [1.165, 1.54) is 7.11 Å². The van der Waals surface area contributed by atoms with Crippen molar-refractivity contribution in [1.29, 1.82) is 0 Å². The number of carboxylic acids is 1. The average molecular weight is 335 g/mol. The first kappa shape index (κ1) is 18.3. The minimum atomic E-state index is -1.03. The van der Waals surface area contributed by atoms with Crippen molar-refractivity contribution in [3.63, 3.8) is 0 Å². The van der Waals surface area contributed by atoms with Gasteiger partial charge in [0.1, 0.15) is 6.61 Å². The number of amides is 1. The third-order valence-electron chi connectivity index (χ3n) is 4.73. The Hall–Kier alpha value is -2.08. The predicted molar refractivity (Wildman–Crippen MR) is 88.6 cm³/mol. The van der Waals surface area contributed by atoms with Crippen LogP contribution in [0.5, 0.6) is 0 Å². The van der Waals surface area contributed by atoms with Crippen LogP contribution in [-0.2, 0) is 20.9 Å². The van der Waals surface area contributed by atoms with Gasteiger partial charge in [-0.05, 0) is 43.6 Å². The van der Waals surface area contributed by atoms with Crippen LogP contribution in [0.4, 0.5) is 4.79 Å². The number of alkyl carbamates (subject to hydrolysis) is 1. The molecule has 1 aliphatic rings. The molecule has 24 heavy (non-hydrogen) atoms. The van der Waals surface area contributed by atoms with Crippen LogP contribution in [-0.4, -0.2) is 36.4 Å². The molecule has 0 atom stereocenters. The highest BCUT2D eigenvalue weighted by atomic mass is 16.5. The number of hydrogen-bond acceptors (Lipinski definition) is 4. The molecule has 2 N–H and O–H groups in total. The van der Waals surface area contributed by atoms with Crippen molar-refractivity contribution < 1.29 is 24.2 Å². The van der Waals surface area contributed by atoms with E-state index < -0.39 is 17.7 Å². The molecule has 1 amide bonds. The molecule has 1 fully saturated rings. The molecule has 0 unspecified atom stereocenters. The van der Waals surface area contributed by atoms with Crippen LogP contribution >= 0.6 is 0 Å². The molecule has 1 aromatic rings. The summed E-state index contributed by atoms with van der Waals surface area (Å²) < 4.78 is 10.4. The number of nitrogens with one attached hydrogen (secondary N) is 1. The highest BCUT2D eigenvalue weighted by Gasteiger charge is 2.41. The van der Waals surface area contributed by atoms with Gasteiger partial charge in [-0.25, -0.2) is 9.59 Å². The second kappa shape index (κ2) is 8.68. The van der Waals surface area contributed by atoms with E-state index in [-0.39, 0.29) is 6.61 Å². The highest BCUT2D eigenvalue weighted by Crippen LogP contribution is 2.36. The van der Waals surface area contributed by atoms with E-state index in [9.17, 15) is 14.7 Å². The molecule has 6 nitrogen and oxygen atoms in total. The molecule has 0 saturated heterocycles. The van der Waals surface area contributed by atoms with Crippen molar-refractivity contribution in [2.75, 3.05) is 13.7 Å². The second-order valence-electron chi connectivity index (χ2n) is 6.22. The molecule has 0 aliphatic heterocycles. The fraction of sp³-hybridized carbons (Fsp3) is 0.556. The Bertz CT molecular complexity index is 538. The van der Waals surface area contributed by atoms with Crippen molar-refractivity contribution in [2.45, 2.75) is 44.3 Å². The lowest BCUT2D eigenvalue weighted by atomic mass is 9.77. The first-order chi connectivity index (χ1) is 11.6. The topological polar surface area (TPSA) is 84.9 Å². The molecule has 6 heteroatoms. The summed E-state index contributed by atoms with van der Waals surface area (Å²) >= 11 is 0. The molecule has 1 aliphatic carbocycles. The molecule has 1 aromatic carbocycles. The Morgan fingerprint density at radius 2 is 1.92 bits per heavy atom. The van der Waals surface area contributed by atoms with E-state index in [4.69, 9.17) is 9.47 Å². The summed E-state index contributed by atoms with van der Waals surface area (Å²) in [4.78, 5) is 23.0. The van der Waals surface area contributed by atoms with Gasteiger partial charge in [-0.1, -0.05) is 30.3 Å². The van der Waals surface area contributed by atoms with Crippen LogP contribution in [0, 0.1) is 5.92 Å². The van der Waals surface area contributed by atoms with Crippen LogP contribution in [0.3, 0.4) is 0 Å². The van der Waals surface area contributed by atoms with Crippen molar-refractivity contribution in [3.8, 4) is 0 Å². The first-order valence-corrected chi connectivity index (χ1v) is 8.29. The maximum absolute atomic E-state index is 11.7. The molecule has 0 radical (unpaired) electrons. The maximum Gasteiger partial charge on any atom is 0.407 e. The normalized spacial score (nSPS) is 23.5. The molecule has 1 saturated carbocycles. The molecule has 0 spiro atoms. The van der Waals surface area contributed by atoms with Gasteiger partial charge in [-0.3, -0.25) is 0 Å². The van der Waals surface area contributed by atoms with E-state index in [0.29, 0.717) is 25.3 Å². The van der Waals surface area contributed by atoms with Crippen molar-refractivity contribution in [2.24, 2.45) is 5.92 Å². The van der Waals surface area contributed by atoms with Gasteiger partial charge in [0.25, 0.3) is 0 Å². The molecule has 0 aromatic heterocycles. The Labute approximate surface area is 142 Å². The number of rotatable bonds is 7. The summed E-state index contributed by atoms with van der Waals surface area (Å²) in [6.45, 7) is 0.788. The lowest BCUT2D eigenvalue weighted by Crippen LogP contribution is -2.44. The fourth-order valence-corrected chi connectivity index (χ4v) is 3.09. The quantitative estimate of drug-likeness (QED) is 0.800. The number of hydrogen-bond donors (Lipinski definition) is 2. The zero-order chi connectivity index (χ0) is 17.4. The number of carbonyl (C=O) groups excluding carboxylic acids is 1. The van der Waals surface area contributed by atoms with Gasteiger partial charge in [-0.2, -0.15) is 0 Å². The van der Waals surface area contributed by atoms with E-state index in [0.717, 1.165) is 24.8 Å². The predicted octanol–water partition coefficient (Wildman–Crippen LogP) is 2.96. The molecular formula is C18H25NO5. The first-order valence-electron chi connectivity index (χ1n) is 8.29. The van der Waals surface area contributed by atoms with Gasteiger partial charge in [0, 0.05) is 13.7 Å². The summed E-state index contributed by atoms with van der Waals surface area (Å²) in [7, 11) is 1.46. The zero-order valence-corrected chi connectivity index (χ0v) is 14.0. The number of aliphatic carboxylic acids is 1. The van der Waals surface area contributed by atoms with E-state index >= 15 is 0 Å². The molecule has 132 valence electrons. The third kappa shape index (κ3) is 4.96. The lowest BCUT2D eigenvalue weighted by molar-refractivity contribution is -0.167. The van der Waals surface area contributed by atoms with Gasteiger partial charge in [-0.15, -0.1) is 0 Å². The van der Waals surface area contributed by atoms with Crippen molar-refractivity contribution in [1.82, 2.24) is 5.32 Å². The van der Waals surface area contributed by atoms with Gasteiger partial charge >= 0.3 is 12.1 Å². The monoisotopic (exact) mass is 335 g/mol. The highest BCUT2D eigenvalue weighted by molar-refractivity contribution is 5.77. The number of methoxy groups -OCH3 is 1. The Kier molecular flexibility index (Phi) is 6.61. The zero-order valence-electron chi connectivity index (χ0n) is 14.0. The third-order valence-corrected chi connectivity index (χ3v) is 4.73. The van der Waals surface area contributed by atoms with Crippen LogP contribution < -0.4 is 5.32 Å². The largest absolute Gasteiger partial charge is 0.479 e. The van der Waals surface area contributed by atoms with Crippen LogP contribution in [0.25, 0.3) is 0 Å². The van der Waals surface area contributed by atoms with Crippen LogP contribution in [0.2, 0.25) is 0 Å². The number of ether oxygens (including phenoxy) is 2. The SMILES string of the molecule is COC1(C(=O)O)CCC(CCNC(=O)OCc2ccccc2)CC1. The standard InChI is InChI=1S/C18H25NO5/c1-23-18(16(20)21)10-7-14(8-11-18)9-12-19-17(22)24-13-15-5-3-2-4-6-15/h2-6,14H,7-13H2,1H3,(H,19,22)(H,20,21). The van der Waals surface area contributed by atoms with Gasteiger partial charge in [0.05, 0.1) is 0 Å². The summed E-state index contributed by atoms with van der Waals surface area (Å²) in [5.41, 5.74) is -0.0806. The molecule has 0 heterocycles. The second-order valence-corrected chi connectivity index (χ2v) is 6.22. The Balaban J connectivity index is 1.63. The number of carboxylic acid groups (broad SMARTS) is 1. The average Bonchev–Trinajstić information content (AvgIpc) is 2.61. The van der Waals surface area contributed by atoms with Gasteiger partial charge < -0.3 is 19.9 Å². The van der Waals surface area contributed by atoms with E-state index in [2.05, 4.69) is 5.32 Å². The lowest BCUT2D eigenvalue weighted by Gasteiger charge is -2.35. The maximum atomic E-state index is 11.7. The number of carbonyl (C=O) groups is 2. The smallest absolute Gasteiger partial charge is 0.407 e. The van der Waals surface area contributed by atoms with Crippen molar-refractivity contribution in [3.05, 3.63) is 35.9 Å². The minimum Gasteiger partial charge on any atom is -0.479 e. The Morgan fingerprint density at radius 3 is 2.50 bits per heavy atom. The van der Waals surface area contributed by atoms with Gasteiger partial charge in [0.15, 0.2) is 5.60 Å². The van der Waals surface area contributed by atoms with E-state index in [1.54, 1.807) is 0 Å². The molecule has 2 rings (SSSR count). The minimum absolute atomic E-state index is 0.255. The van der Waals surface area contributed by atoms with Crippen molar-refractivity contribution >= 4 is 12.1 Å². The summed E-state index contributed by atoms with van der Waals surface area (Å²) in [6, 6.07) is 9.52. The fourth-order valence-electron chi connectivity index (χ4n) is 3.09. The summed E-state index contributed by atoms with van der Waals surface area (Å²) in [5, 5.41) is 12.0. The van der Waals surface area contributed by atoms with Crippen LogP contribution in [0.1, 0.15) is 37.7 Å². The van der Waals surface area contributed by atoms with Crippen LogP contribution in [0.15, 0.2) is 30.3 Å². The number of benzene rings is 1. The molecular weight excluding hydrogens is 310 g/mol. The van der Waals surface area contributed by atoms with E-state index in [1.807, 2.05) is 30.3 Å². The van der Waals surface area contributed by atoms with Gasteiger partial charge in [0.2, 0.25) is 0 Å². The summed E-state index contributed by atoms with van der Waals surface area (Å²) in [5.74, 6) is -0.479. The molecule has 0 bridgehead atoms.